The van der Waals surface area contributed by atoms with Crippen LogP contribution in [0.15, 0.2) is 58.8 Å². The molecule has 0 radical (unpaired) electrons. The first-order valence-corrected chi connectivity index (χ1v) is 10.7. The Bertz CT molecular complexity index is 666. The molecule has 0 aromatic heterocycles. The van der Waals surface area contributed by atoms with Gasteiger partial charge >= 0.3 is 0 Å². The van der Waals surface area contributed by atoms with E-state index in [0.29, 0.717) is 5.69 Å². The Morgan fingerprint density at radius 2 is 1.11 bits per heavy atom. The number of unbranched alkanes of at least 4 members (excludes halogenated alkanes) is 9. The molecule has 0 spiro atoms. The summed E-state index contributed by atoms with van der Waals surface area (Å²) in [5.41, 5.74) is 1.48. The molecule has 0 heterocycles. The van der Waals surface area contributed by atoms with Crippen LogP contribution in [0.4, 0.5) is 11.4 Å². The summed E-state index contributed by atoms with van der Waals surface area (Å²) < 4.78 is 5.81. The molecule has 0 fully saturated rings. The van der Waals surface area contributed by atoms with Crippen molar-refractivity contribution in [3.63, 3.8) is 0 Å². The minimum atomic E-state index is 0.225. The van der Waals surface area contributed by atoms with Crippen molar-refractivity contribution in [3.8, 4) is 11.5 Å². The molecular formula is C24H34N2O2. The number of hydrogen-bond donors (Lipinski definition) is 1. The lowest BCUT2D eigenvalue weighted by Crippen LogP contribution is -1.96. The van der Waals surface area contributed by atoms with Gasteiger partial charge in [-0.05, 0) is 55.0 Å². The first-order valence-electron chi connectivity index (χ1n) is 10.7. The summed E-state index contributed by atoms with van der Waals surface area (Å²) in [6, 6.07) is 14.3. The van der Waals surface area contributed by atoms with Crippen molar-refractivity contribution in [2.24, 2.45) is 10.2 Å². The second kappa shape index (κ2) is 13.8. The van der Waals surface area contributed by atoms with Crippen molar-refractivity contribution in [1.29, 1.82) is 0 Å². The standard InChI is InChI=1S/C24H34N2O2/c1-2-3-4-5-6-7-8-9-10-11-20-28-24-18-14-22(15-19-24)26-25-21-12-16-23(27)17-13-21/h12-19,27H,2-11,20H2,1H3/b26-25+. The maximum Gasteiger partial charge on any atom is 0.119 e. The Morgan fingerprint density at radius 3 is 1.64 bits per heavy atom. The van der Waals surface area contributed by atoms with Gasteiger partial charge in [-0.1, -0.05) is 64.7 Å². The van der Waals surface area contributed by atoms with Crippen molar-refractivity contribution < 1.29 is 9.84 Å². The molecule has 0 amide bonds. The quantitative estimate of drug-likeness (QED) is 0.265. The van der Waals surface area contributed by atoms with Crippen LogP contribution in [-0.2, 0) is 0 Å². The van der Waals surface area contributed by atoms with Crippen molar-refractivity contribution in [2.75, 3.05) is 6.61 Å². The van der Waals surface area contributed by atoms with Gasteiger partial charge in [-0.2, -0.15) is 10.2 Å². The summed E-state index contributed by atoms with van der Waals surface area (Å²) in [4.78, 5) is 0. The third kappa shape index (κ3) is 9.54. The summed E-state index contributed by atoms with van der Waals surface area (Å²) in [6.45, 7) is 3.03. The molecule has 2 rings (SSSR count). The van der Waals surface area contributed by atoms with Gasteiger partial charge in [0.1, 0.15) is 11.5 Å². The zero-order chi connectivity index (χ0) is 19.9. The first-order chi connectivity index (χ1) is 13.8. The number of aromatic hydroxyl groups is 1. The fraction of sp³-hybridized carbons (Fsp3) is 0.500. The number of azo groups is 1. The molecule has 2 aromatic rings. The third-order valence-corrected chi connectivity index (χ3v) is 4.73. The minimum Gasteiger partial charge on any atom is -0.508 e. The zero-order valence-corrected chi connectivity index (χ0v) is 17.1. The summed E-state index contributed by atoms with van der Waals surface area (Å²) in [5.74, 6) is 1.10. The van der Waals surface area contributed by atoms with E-state index in [1.54, 1.807) is 24.3 Å². The van der Waals surface area contributed by atoms with Gasteiger partial charge in [0.15, 0.2) is 0 Å². The number of phenols is 1. The highest BCUT2D eigenvalue weighted by Crippen LogP contribution is 2.22. The van der Waals surface area contributed by atoms with Crippen LogP contribution in [0.25, 0.3) is 0 Å². The lowest BCUT2D eigenvalue weighted by atomic mass is 10.1. The van der Waals surface area contributed by atoms with Gasteiger partial charge in [0.05, 0.1) is 18.0 Å². The number of phenolic OH excluding ortho intramolecular Hbond substituents is 1. The van der Waals surface area contributed by atoms with Crippen LogP contribution in [0, 0.1) is 0 Å². The largest absolute Gasteiger partial charge is 0.508 e. The lowest BCUT2D eigenvalue weighted by Gasteiger charge is -2.06. The van der Waals surface area contributed by atoms with Crippen LogP contribution in [0.1, 0.15) is 71.1 Å². The molecule has 0 unspecified atom stereocenters. The normalized spacial score (nSPS) is 11.2. The number of nitrogens with zero attached hydrogens (tertiary/aromatic N) is 2. The van der Waals surface area contributed by atoms with Gasteiger partial charge < -0.3 is 9.84 Å². The first kappa shape index (κ1) is 21.9. The van der Waals surface area contributed by atoms with Crippen LogP contribution in [0.2, 0.25) is 0 Å². The van der Waals surface area contributed by atoms with E-state index in [0.717, 1.165) is 24.5 Å². The van der Waals surface area contributed by atoms with E-state index in [2.05, 4.69) is 17.2 Å². The monoisotopic (exact) mass is 382 g/mol. The number of benzene rings is 2. The van der Waals surface area contributed by atoms with Crippen molar-refractivity contribution >= 4 is 11.4 Å². The predicted octanol–water partition coefficient (Wildman–Crippen LogP) is 8.11. The Hall–Kier alpha value is -2.36. The highest BCUT2D eigenvalue weighted by atomic mass is 16.5. The van der Waals surface area contributed by atoms with Crippen LogP contribution in [-0.4, -0.2) is 11.7 Å². The molecule has 4 heteroatoms. The highest BCUT2D eigenvalue weighted by molar-refractivity contribution is 5.43. The van der Waals surface area contributed by atoms with E-state index < -0.39 is 0 Å². The van der Waals surface area contributed by atoms with Crippen LogP contribution < -0.4 is 4.74 Å². The van der Waals surface area contributed by atoms with E-state index in [1.165, 1.54) is 57.8 Å². The molecule has 0 aliphatic heterocycles. The van der Waals surface area contributed by atoms with Crippen molar-refractivity contribution in [1.82, 2.24) is 0 Å². The minimum absolute atomic E-state index is 0.225. The fourth-order valence-electron chi connectivity index (χ4n) is 3.02. The van der Waals surface area contributed by atoms with Gasteiger partial charge in [0.2, 0.25) is 0 Å². The lowest BCUT2D eigenvalue weighted by molar-refractivity contribution is 0.304. The van der Waals surface area contributed by atoms with Crippen LogP contribution >= 0.6 is 0 Å². The molecule has 0 atom stereocenters. The Morgan fingerprint density at radius 1 is 0.643 bits per heavy atom. The molecule has 0 saturated carbocycles. The number of hydrogen-bond acceptors (Lipinski definition) is 4. The Balaban J connectivity index is 1.54. The maximum atomic E-state index is 9.27. The average molecular weight is 383 g/mol. The highest BCUT2D eigenvalue weighted by Gasteiger charge is 1.97. The average Bonchev–Trinajstić information content (AvgIpc) is 2.72. The predicted molar refractivity (Wildman–Crippen MR) is 116 cm³/mol. The topological polar surface area (TPSA) is 54.2 Å². The van der Waals surface area contributed by atoms with Gasteiger partial charge in [-0.15, -0.1) is 0 Å². The molecule has 0 saturated heterocycles. The molecule has 0 aliphatic carbocycles. The summed E-state index contributed by atoms with van der Waals surface area (Å²) in [5, 5.41) is 17.6. The summed E-state index contributed by atoms with van der Waals surface area (Å²) in [7, 11) is 0. The molecular weight excluding hydrogens is 348 g/mol. The Labute approximate surface area is 169 Å². The smallest absolute Gasteiger partial charge is 0.119 e. The van der Waals surface area contributed by atoms with Crippen molar-refractivity contribution in [3.05, 3.63) is 48.5 Å². The second-order valence-electron chi connectivity index (χ2n) is 7.24. The van der Waals surface area contributed by atoms with E-state index in [1.807, 2.05) is 24.3 Å². The molecule has 1 N–H and O–H groups in total. The van der Waals surface area contributed by atoms with Crippen LogP contribution in [0.3, 0.4) is 0 Å². The number of ether oxygens (including phenoxy) is 1. The van der Waals surface area contributed by atoms with E-state index >= 15 is 0 Å². The van der Waals surface area contributed by atoms with E-state index in [4.69, 9.17) is 4.74 Å². The van der Waals surface area contributed by atoms with Gasteiger partial charge in [-0.3, -0.25) is 0 Å². The molecule has 4 nitrogen and oxygen atoms in total. The second-order valence-corrected chi connectivity index (χ2v) is 7.24. The molecule has 0 aliphatic rings. The molecule has 0 bridgehead atoms. The fourth-order valence-corrected chi connectivity index (χ4v) is 3.02. The number of rotatable bonds is 14. The van der Waals surface area contributed by atoms with Crippen molar-refractivity contribution in [2.45, 2.75) is 71.1 Å². The third-order valence-electron chi connectivity index (χ3n) is 4.73. The Kier molecular flexibility index (Phi) is 10.8. The van der Waals surface area contributed by atoms with E-state index in [9.17, 15) is 5.11 Å². The molecule has 2 aromatic carbocycles. The summed E-state index contributed by atoms with van der Waals surface area (Å²) >= 11 is 0. The molecule has 152 valence electrons. The maximum absolute atomic E-state index is 9.27. The zero-order valence-electron chi connectivity index (χ0n) is 17.1. The SMILES string of the molecule is CCCCCCCCCCCCOc1ccc(/N=N/c2ccc(O)cc2)cc1. The van der Waals surface area contributed by atoms with Crippen LogP contribution in [0.5, 0.6) is 11.5 Å². The van der Waals surface area contributed by atoms with Gasteiger partial charge in [0, 0.05) is 0 Å². The van der Waals surface area contributed by atoms with E-state index in [-0.39, 0.29) is 5.75 Å². The molecule has 28 heavy (non-hydrogen) atoms. The van der Waals surface area contributed by atoms with Gasteiger partial charge in [-0.25, -0.2) is 0 Å². The summed E-state index contributed by atoms with van der Waals surface area (Å²) in [6.07, 6.45) is 13.3. The van der Waals surface area contributed by atoms with Gasteiger partial charge in [0.25, 0.3) is 0 Å².